The van der Waals surface area contributed by atoms with Gasteiger partial charge < -0.3 is 5.11 Å². The first-order valence-electron chi connectivity index (χ1n) is 4.63. The van der Waals surface area contributed by atoms with Crippen LogP contribution in [0.2, 0.25) is 0 Å². The molecule has 0 amide bonds. The zero-order chi connectivity index (χ0) is 8.97. The maximum atomic E-state index is 10.7. The van der Waals surface area contributed by atoms with E-state index in [0.717, 1.165) is 12.8 Å². The molecule has 2 nitrogen and oxygen atoms in total. The molecule has 12 heavy (non-hydrogen) atoms. The molecular weight excluding hydrogens is 152 g/mol. The molecule has 0 heterocycles. The molecule has 1 atom stereocenters. The van der Waals surface area contributed by atoms with Gasteiger partial charge in [-0.15, -0.1) is 0 Å². The van der Waals surface area contributed by atoms with Gasteiger partial charge in [0.2, 0.25) is 0 Å². The van der Waals surface area contributed by atoms with Crippen LogP contribution in [0.5, 0.6) is 0 Å². The van der Waals surface area contributed by atoms with Crippen molar-refractivity contribution in [2.24, 2.45) is 11.8 Å². The van der Waals surface area contributed by atoms with E-state index in [1.54, 1.807) is 0 Å². The number of carbonyl (C=O) groups is 1. The van der Waals surface area contributed by atoms with Gasteiger partial charge in [0, 0.05) is 0 Å². The van der Waals surface area contributed by atoms with Crippen LogP contribution in [-0.4, -0.2) is 11.1 Å². The van der Waals surface area contributed by atoms with Crippen molar-refractivity contribution in [1.29, 1.82) is 0 Å². The van der Waals surface area contributed by atoms with Gasteiger partial charge in [-0.3, -0.25) is 4.79 Å². The van der Waals surface area contributed by atoms with Crippen molar-refractivity contribution in [3.8, 4) is 0 Å². The van der Waals surface area contributed by atoms with Crippen LogP contribution in [0.4, 0.5) is 0 Å². The average Bonchev–Trinajstić information content (AvgIpc) is 2.80. The largest absolute Gasteiger partial charge is 0.481 e. The lowest BCUT2D eigenvalue weighted by Gasteiger charge is -2.04. The lowest BCUT2D eigenvalue weighted by molar-refractivity contribution is -0.140. The maximum absolute atomic E-state index is 10.7. The number of carboxylic acid groups (broad SMARTS) is 1. The lowest BCUT2D eigenvalue weighted by Crippen LogP contribution is -2.11. The average molecular weight is 168 g/mol. The SMILES string of the molecule is CC/C=C/C(CC1CC1)C(=O)O. The number of allylic oxidation sites excluding steroid dienone is 1. The predicted octanol–water partition coefficient (Wildman–Crippen LogP) is 2.45. The summed E-state index contributed by atoms with van der Waals surface area (Å²) in [5.74, 6) is -0.225. The lowest BCUT2D eigenvalue weighted by atomic mass is 10.0. The van der Waals surface area contributed by atoms with Gasteiger partial charge in [0.05, 0.1) is 5.92 Å². The predicted molar refractivity (Wildman–Crippen MR) is 47.9 cm³/mol. The zero-order valence-corrected chi connectivity index (χ0v) is 7.49. The van der Waals surface area contributed by atoms with Gasteiger partial charge in [0.1, 0.15) is 0 Å². The minimum atomic E-state index is -0.674. The van der Waals surface area contributed by atoms with Crippen LogP contribution in [0.3, 0.4) is 0 Å². The van der Waals surface area contributed by atoms with E-state index < -0.39 is 5.97 Å². The van der Waals surface area contributed by atoms with Gasteiger partial charge in [-0.2, -0.15) is 0 Å². The second-order valence-corrected chi connectivity index (χ2v) is 3.46. The number of hydrogen-bond donors (Lipinski definition) is 1. The molecule has 0 radical (unpaired) electrons. The van der Waals surface area contributed by atoms with Crippen molar-refractivity contribution < 1.29 is 9.90 Å². The molecule has 1 fully saturated rings. The highest BCUT2D eigenvalue weighted by Gasteiger charge is 2.27. The molecule has 1 aliphatic carbocycles. The summed E-state index contributed by atoms with van der Waals surface area (Å²) in [7, 11) is 0. The van der Waals surface area contributed by atoms with Crippen molar-refractivity contribution in [2.45, 2.75) is 32.6 Å². The molecule has 1 N–H and O–H groups in total. The smallest absolute Gasteiger partial charge is 0.310 e. The van der Waals surface area contributed by atoms with Crippen LogP contribution in [0.25, 0.3) is 0 Å². The Morgan fingerprint density at radius 1 is 1.67 bits per heavy atom. The second-order valence-electron chi connectivity index (χ2n) is 3.46. The minimum absolute atomic E-state index is 0.238. The Kier molecular flexibility index (Phi) is 3.32. The quantitative estimate of drug-likeness (QED) is 0.640. The van der Waals surface area contributed by atoms with E-state index in [0.29, 0.717) is 5.92 Å². The van der Waals surface area contributed by atoms with E-state index >= 15 is 0 Å². The van der Waals surface area contributed by atoms with E-state index in [9.17, 15) is 4.79 Å². The van der Waals surface area contributed by atoms with Gasteiger partial charge in [-0.1, -0.05) is 31.9 Å². The summed E-state index contributed by atoms with van der Waals surface area (Å²) in [6, 6.07) is 0. The van der Waals surface area contributed by atoms with Crippen LogP contribution in [0.1, 0.15) is 32.6 Å². The van der Waals surface area contributed by atoms with Gasteiger partial charge in [-0.05, 0) is 18.8 Å². The number of rotatable bonds is 5. The van der Waals surface area contributed by atoms with Crippen molar-refractivity contribution in [2.75, 3.05) is 0 Å². The van der Waals surface area contributed by atoms with Crippen LogP contribution in [0, 0.1) is 11.8 Å². The second kappa shape index (κ2) is 4.29. The monoisotopic (exact) mass is 168 g/mol. The summed E-state index contributed by atoms with van der Waals surface area (Å²) in [4.78, 5) is 10.7. The summed E-state index contributed by atoms with van der Waals surface area (Å²) in [6.07, 6.45) is 8.00. The van der Waals surface area contributed by atoms with Gasteiger partial charge in [-0.25, -0.2) is 0 Å². The summed E-state index contributed by atoms with van der Waals surface area (Å²) in [5.41, 5.74) is 0. The minimum Gasteiger partial charge on any atom is -0.481 e. The normalized spacial score (nSPS) is 19.8. The van der Waals surface area contributed by atoms with Crippen LogP contribution in [0.15, 0.2) is 12.2 Å². The number of hydrogen-bond acceptors (Lipinski definition) is 1. The third-order valence-electron chi connectivity index (χ3n) is 2.21. The fourth-order valence-electron chi connectivity index (χ4n) is 1.27. The summed E-state index contributed by atoms with van der Waals surface area (Å²) in [6.45, 7) is 2.02. The summed E-state index contributed by atoms with van der Waals surface area (Å²) in [5, 5.41) is 8.83. The molecule has 0 spiro atoms. The third kappa shape index (κ3) is 3.07. The Bertz CT molecular complexity index is 180. The first-order chi connectivity index (χ1) is 5.74. The van der Waals surface area contributed by atoms with E-state index in [-0.39, 0.29) is 5.92 Å². The third-order valence-corrected chi connectivity index (χ3v) is 2.21. The van der Waals surface area contributed by atoms with E-state index in [1.807, 2.05) is 19.1 Å². The van der Waals surface area contributed by atoms with E-state index in [1.165, 1.54) is 12.8 Å². The molecule has 68 valence electrons. The van der Waals surface area contributed by atoms with Crippen molar-refractivity contribution >= 4 is 5.97 Å². The molecule has 0 bridgehead atoms. The molecule has 1 unspecified atom stereocenters. The number of carboxylic acids is 1. The fraction of sp³-hybridized carbons (Fsp3) is 0.700. The molecule has 0 aromatic rings. The highest BCUT2D eigenvalue weighted by atomic mass is 16.4. The molecular formula is C10H16O2. The van der Waals surface area contributed by atoms with Gasteiger partial charge >= 0.3 is 5.97 Å². The van der Waals surface area contributed by atoms with E-state index in [4.69, 9.17) is 5.11 Å². The zero-order valence-electron chi connectivity index (χ0n) is 7.49. The van der Waals surface area contributed by atoms with E-state index in [2.05, 4.69) is 0 Å². The Labute approximate surface area is 73.3 Å². The Hall–Kier alpha value is -0.790. The Morgan fingerprint density at radius 3 is 2.75 bits per heavy atom. The van der Waals surface area contributed by atoms with Crippen molar-refractivity contribution in [3.63, 3.8) is 0 Å². The highest BCUT2D eigenvalue weighted by Crippen LogP contribution is 2.35. The molecule has 0 aromatic carbocycles. The van der Waals surface area contributed by atoms with Crippen LogP contribution >= 0.6 is 0 Å². The first-order valence-corrected chi connectivity index (χ1v) is 4.63. The molecule has 0 aliphatic heterocycles. The molecule has 2 heteroatoms. The summed E-state index contributed by atoms with van der Waals surface area (Å²) < 4.78 is 0. The molecule has 1 saturated carbocycles. The molecule has 1 rings (SSSR count). The number of aliphatic carboxylic acids is 1. The van der Waals surface area contributed by atoms with Crippen LogP contribution in [-0.2, 0) is 4.79 Å². The van der Waals surface area contributed by atoms with Crippen molar-refractivity contribution in [1.82, 2.24) is 0 Å². The molecule has 0 saturated heterocycles. The first kappa shape index (κ1) is 9.30. The molecule has 0 aromatic heterocycles. The van der Waals surface area contributed by atoms with Gasteiger partial charge in [0.25, 0.3) is 0 Å². The topological polar surface area (TPSA) is 37.3 Å². The molecule has 1 aliphatic rings. The Morgan fingerprint density at radius 2 is 2.33 bits per heavy atom. The van der Waals surface area contributed by atoms with Crippen molar-refractivity contribution in [3.05, 3.63) is 12.2 Å². The highest BCUT2D eigenvalue weighted by molar-refractivity contribution is 5.72. The van der Waals surface area contributed by atoms with Crippen LogP contribution < -0.4 is 0 Å². The Balaban J connectivity index is 2.36. The summed E-state index contributed by atoms with van der Waals surface area (Å²) >= 11 is 0. The fourth-order valence-corrected chi connectivity index (χ4v) is 1.27. The standard InChI is InChI=1S/C10H16O2/c1-2-3-4-9(10(11)12)7-8-5-6-8/h3-4,8-9H,2,5-7H2,1H3,(H,11,12)/b4-3+. The maximum Gasteiger partial charge on any atom is 0.310 e. The van der Waals surface area contributed by atoms with Gasteiger partial charge in [0.15, 0.2) is 0 Å².